The van der Waals surface area contributed by atoms with Gasteiger partial charge >= 0.3 is 6.03 Å². The molecule has 1 aliphatic carbocycles. The molecule has 0 radical (unpaired) electrons. The molecule has 1 saturated heterocycles. The molecule has 1 saturated carbocycles. The third-order valence-electron chi connectivity index (χ3n) is 4.16. The number of urea groups is 1. The van der Waals surface area contributed by atoms with Crippen LogP contribution in [0.2, 0.25) is 0 Å². The molecule has 21 heavy (non-hydrogen) atoms. The van der Waals surface area contributed by atoms with Crippen LogP contribution in [0.1, 0.15) is 25.7 Å². The maximum Gasteiger partial charge on any atom is 0.335 e. The van der Waals surface area contributed by atoms with Gasteiger partial charge in [-0.3, -0.25) is 14.9 Å². The van der Waals surface area contributed by atoms with Crippen LogP contribution in [0.5, 0.6) is 0 Å². The number of amides is 4. The first-order chi connectivity index (χ1) is 10.1. The second-order valence-electron chi connectivity index (χ2n) is 5.47. The lowest BCUT2D eigenvalue weighted by Crippen LogP contribution is -2.59. The maximum atomic E-state index is 12.7. The van der Waals surface area contributed by atoms with E-state index in [0.29, 0.717) is 5.69 Å². The van der Waals surface area contributed by atoms with Crippen LogP contribution in [-0.2, 0) is 9.59 Å². The Balaban J connectivity index is 1.92. The minimum absolute atomic E-state index is 0.0450. The van der Waals surface area contributed by atoms with Gasteiger partial charge in [0.15, 0.2) is 0 Å². The number of rotatable bonds is 2. The Morgan fingerprint density at radius 3 is 2.29 bits per heavy atom. The van der Waals surface area contributed by atoms with Crippen molar-refractivity contribution in [2.45, 2.75) is 25.7 Å². The van der Waals surface area contributed by atoms with E-state index < -0.39 is 23.8 Å². The molecule has 5 nitrogen and oxygen atoms in total. The van der Waals surface area contributed by atoms with Crippen LogP contribution in [0, 0.1) is 11.8 Å². The third-order valence-corrected chi connectivity index (χ3v) is 4.69. The molecule has 3 rings (SSSR count). The van der Waals surface area contributed by atoms with E-state index in [1.807, 2.05) is 0 Å². The zero-order valence-corrected chi connectivity index (χ0v) is 12.9. The fraction of sp³-hybridized carbons (Fsp3) is 0.400. The first kappa shape index (κ1) is 14.3. The van der Waals surface area contributed by atoms with Gasteiger partial charge in [0.05, 0.1) is 5.69 Å². The molecular formula is C15H15BrN2O3. The number of hydrogen-bond acceptors (Lipinski definition) is 3. The van der Waals surface area contributed by atoms with Gasteiger partial charge in [0.25, 0.3) is 0 Å². The zero-order valence-electron chi connectivity index (χ0n) is 11.3. The Hall–Kier alpha value is -1.69. The normalized spacial score (nSPS) is 23.6. The third kappa shape index (κ3) is 2.60. The van der Waals surface area contributed by atoms with Crippen molar-refractivity contribution in [3.05, 3.63) is 28.7 Å². The molecule has 110 valence electrons. The van der Waals surface area contributed by atoms with E-state index in [4.69, 9.17) is 0 Å². The van der Waals surface area contributed by atoms with Crippen LogP contribution < -0.4 is 10.2 Å². The number of nitrogens with zero attached hydrogens (tertiary/aromatic N) is 1. The van der Waals surface area contributed by atoms with E-state index in [2.05, 4.69) is 21.2 Å². The van der Waals surface area contributed by atoms with E-state index >= 15 is 0 Å². The Morgan fingerprint density at radius 1 is 1.05 bits per heavy atom. The second-order valence-corrected chi connectivity index (χ2v) is 6.38. The van der Waals surface area contributed by atoms with E-state index in [9.17, 15) is 14.4 Å². The maximum absolute atomic E-state index is 12.7. The van der Waals surface area contributed by atoms with Crippen molar-refractivity contribution < 1.29 is 14.4 Å². The van der Waals surface area contributed by atoms with Gasteiger partial charge in [0, 0.05) is 4.47 Å². The van der Waals surface area contributed by atoms with Crippen molar-refractivity contribution in [3.63, 3.8) is 0 Å². The summed E-state index contributed by atoms with van der Waals surface area (Å²) in [6, 6.07) is 6.22. The summed E-state index contributed by atoms with van der Waals surface area (Å²) in [5.74, 6) is -1.55. The summed E-state index contributed by atoms with van der Waals surface area (Å²) in [6.07, 6.45) is 3.81. The van der Waals surface area contributed by atoms with Crippen LogP contribution in [0.25, 0.3) is 0 Å². The number of hydrogen-bond donors (Lipinski definition) is 1. The van der Waals surface area contributed by atoms with Crippen molar-refractivity contribution >= 4 is 39.5 Å². The number of imide groups is 2. The minimum atomic E-state index is -0.742. The summed E-state index contributed by atoms with van der Waals surface area (Å²) in [6.45, 7) is 0. The predicted molar refractivity (Wildman–Crippen MR) is 80.6 cm³/mol. The molecule has 1 N–H and O–H groups in total. The average Bonchev–Trinajstić information content (AvgIpc) is 2.94. The van der Waals surface area contributed by atoms with Gasteiger partial charge < -0.3 is 0 Å². The van der Waals surface area contributed by atoms with Crippen LogP contribution in [0.15, 0.2) is 28.7 Å². The van der Waals surface area contributed by atoms with Crippen molar-refractivity contribution in [2.75, 3.05) is 4.90 Å². The quantitative estimate of drug-likeness (QED) is 0.834. The highest BCUT2D eigenvalue weighted by molar-refractivity contribution is 9.10. The molecule has 1 unspecified atom stereocenters. The summed E-state index contributed by atoms with van der Waals surface area (Å²) >= 11 is 3.32. The number of carbonyl (C=O) groups excluding carboxylic acids is 3. The second kappa shape index (κ2) is 5.60. The number of barbiturate groups is 1. The van der Waals surface area contributed by atoms with E-state index in [-0.39, 0.29) is 5.92 Å². The van der Waals surface area contributed by atoms with Gasteiger partial charge in [-0.1, -0.05) is 28.8 Å². The molecule has 0 bridgehead atoms. The fourth-order valence-corrected chi connectivity index (χ4v) is 3.40. The van der Waals surface area contributed by atoms with Crippen LogP contribution in [0.4, 0.5) is 10.5 Å². The Labute approximate surface area is 130 Å². The Kier molecular flexibility index (Phi) is 3.80. The first-order valence-corrected chi connectivity index (χ1v) is 7.81. The Bertz CT molecular complexity index is 593. The Morgan fingerprint density at radius 2 is 1.67 bits per heavy atom. The van der Waals surface area contributed by atoms with Crippen molar-refractivity contribution in [1.29, 1.82) is 0 Å². The van der Waals surface area contributed by atoms with Gasteiger partial charge in [-0.25, -0.2) is 9.69 Å². The minimum Gasteiger partial charge on any atom is -0.277 e. The molecule has 1 atom stereocenters. The summed E-state index contributed by atoms with van der Waals surface area (Å²) in [4.78, 5) is 37.8. The molecule has 2 fully saturated rings. The first-order valence-electron chi connectivity index (χ1n) is 7.02. The monoisotopic (exact) mass is 350 g/mol. The molecule has 6 heteroatoms. The molecule has 1 aromatic carbocycles. The highest BCUT2D eigenvalue weighted by Crippen LogP contribution is 2.35. The molecule has 4 amide bonds. The highest BCUT2D eigenvalue weighted by Gasteiger charge is 2.45. The summed E-state index contributed by atoms with van der Waals surface area (Å²) in [5.41, 5.74) is 0.483. The number of carbonyl (C=O) groups is 3. The molecule has 1 aromatic rings. The zero-order chi connectivity index (χ0) is 15.0. The van der Waals surface area contributed by atoms with Gasteiger partial charge in [-0.05, 0) is 43.0 Å². The van der Waals surface area contributed by atoms with E-state index in [0.717, 1.165) is 35.1 Å². The fourth-order valence-electron chi connectivity index (χ4n) is 3.13. The molecule has 0 aromatic heterocycles. The standard InChI is InChI=1S/C15H15BrN2O3/c16-10-5-7-11(8-6-10)18-14(20)12(9-3-1-2-4-9)13(19)17-15(18)21/h5-9,12H,1-4H2,(H,17,19,21). The van der Waals surface area contributed by atoms with Gasteiger partial charge in [0.2, 0.25) is 11.8 Å². The lowest BCUT2D eigenvalue weighted by molar-refractivity contribution is -0.136. The number of anilines is 1. The molecule has 1 aliphatic heterocycles. The number of halogens is 1. The topological polar surface area (TPSA) is 66.5 Å². The summed E-state index contributed by atoms with van der Waals surface area (Å²) in [5, 5.41) is 2.32. The predicted octanol–water partition coefficient (Wildman–Crippen LogP) is 2.84. The van der Waals surface area contributed by atoms with Crippen LogP contribution >= 0.6 is 15.9 Å². The molecular weight excluding hydrogens is 336 g/mol. The van der Waals surface area contributed by atoms with Crippen LogP contribution in [-0.4, -0.2) is 17.8 Å². The smallest absolute Gasteiger partial charge is 0.277 e. The lowest BCUT2D eigenvalue weighted by atomic mass is 9.87. The van der Waals surface area contributed by atoms with E-state index in [1.165, 1.54) is 0 Å². The van der Waals surface area contributed by atoms with Gasteiger partial charge in [-0.15, -0.1) is 0 Å². The van der Waals surface area contributed by atoms with Gasteiger partial charge in [-0.2, -0.15) is 0 Å². The lowest BCUT2D eigenvalue weighted by Gasteiger charge is -2.32. The SMILES string of the molecule is O=C1NC(=O)N(c2ccc(Br)cc2)C(=O)C1C1CCCC1. The highest BCUT2D eigenvalue weighted by atomic mass is 79.9. The van der Waals surface area contributed by atoms with Gasteiger partial charge in [0.1, 0.15) is 5.92 Å². The van der Waals surface area contributed by atoms with E-state index in [1.54, 1.807) is 24.3 Å². The van der Waals surface area contributed by atoms with Crippen molar-refractivity contribution in [3.8, 4) is 0 Å². The van der Waals surface area contributed by atoms with Crippen LogP contribution in [0.3, 0.4) is 0 Å². The number of benzene rings is 1. The largest absolute Gasteiger partial charge is 0.335 e. The van der Waals surface area contributed by atoms with Crippen molar-refractivity contribution in [2.24, 2.45) is 11.8 Å². The molecule has 0 spiro atoms. The summed E-state index contributed by atoms with van der Waals surface area (Å²) < 4.78 is 0.861. The average molecular weight is 351 g/mol. The number of nitrogens with one attached hydrogen (secondary N) is 1. The summed E-state index contributed by atoms with van der Waals surface area (Å²) in [7, 11) is 0. The van der Waals surface area contributed by atoms with Crippen molar-refractivity contribution in [1.82, 2.24) is 5.32 Å². The molecule has 1 heterocycles. The molecule has 2 aliphatic rings.